The van der Waals surface area contributed by atoms with E-state index in [1.165, 1.54) is 24.0 Å². The summed E-state index contributed by atoms with van der Waals surface area (Å²) in [5.41, 5.74) is 6.84. The molecule has 1 N–H and O–H groups in total. The van der Waals surface area contributed by atoms with Gasteiger partial charge in [0.05, 0.1) is 0 Å². The van der Waals surface area contributed by atoms with Crippen molar-refractivity contribution in [2.24, 2.45) is 0 Å². The lowest BCUT2D eigenvalue weighted by atomic mass is 10.1. The molecule has 0 unspecified atom stereocenters. The normalized spacial score (nSPS) is 17.8. The summed E-state index contributed by atoms with van der Waals surface area (Å²) in [5.74, 6) is 0.976. The molecule has 3 aliphatic rings. The van der Waals surface area contributed by atoms with Crippen LogP contribution in [0.1, 0.15) is 70.5 Å². The van der Waals surface area contributed by atoms with Gasteiger partial charge in [-0.25, -0.2) is 0 Å². The fourth-order valence-corrected chi connectivity index (χ4v) is 5.92. The molecule has 33 heavy (non-hydrogen) atoms. The maximum atomic E-state index is 13.7. The van der Waals surface area contributed by atoms with Crippen LogP contribution in [0.4, 0.5) is 0 Å². The quantitative estimate of drug-likeness (QED) is 0.584. The number of carbonyl (C=O) groups is 1. The van der Waals surface area contributed by atoms with Crippen LogP contribution in [0.25, 0.3) is 0 Å². The number of amides is 1. The van der Waals surface area contributed by atoms with Crippen molar-refractivity contribution in [2.75, 3.05) is 0 Å². The summed E-state index contributed by atoms with van der Waals surface area (Å²) in [4.78, 5) is 15.7. The lowest BCUT2D eigenvalue weighted by molar-refractivity contribution is 0.0657. The molecule has 170 valence electrons. The summed E-state index contributed by atoms with van der Waals surface area (Å²) >= 11 is 0. The third-order valence-corrected chi connectivity index (χ3v) is 7.60. The van der Waals surface area contributed by atoms with Gasteiger partial charge in [0.2, 0.25) is 0 Å². The van der Waals surface area contributed by atoms with Crippen LogP contribution < -0.4 is 4.74 Å². The molecular weight excluding hydrogens is 410 g/mol. The van der Waals surface area contributed by atoms with Gasteiger partial charge in [0.15, 0.2) is 5.69 Å². The van der Waals surface area contributed by atoms with E-state index in [4.69, 9.17) is 4.74 Å². The molecule has 0 spiro atoms. The zero-order valence-corrected chi connectivity index (χ0v) is 19.1. The number of fused-ring (bicyclic) bond motifs is 2. The maximum Gasteiger partial charge on any atom is 0.275 e. The highest BCUT2D eigenvalue weighted by Crippen LogP contribution is 2.31. The molecule has 0 bridgehead atoms. The highest BCUT2D eigenvalue weighted by atomic mass is 16.5. The summed E-state index contributed by atoms with van der Waals surface area (Å²) in [6, 6.07) is 17.2. The molecule has 3 aliphatic carbocycles. The second-order valence-corrected chi connectivity index (χ2v) is 9.82. The highest BCUT2D eigenvalue weighted by Gasteiger charge is 2.32. The van der Waals surface area contributed by atoms with E-state index in [1.54, 1.807) is 0 Å². The first-order chi connectivity index (χ1) is 16.2. The van der Waals surface area contributed by atoms with Crippen LogP contribution in [0.15, 0.2) is 48.5 Å². The zero-order valence-electron chi connectivity index (χ0n) is 19.1. The molecule has 0 aliphatic heterocycles. The minimum atomic E-state index is 0.0823. The van der Waals surface area contributed by atoms with Gasteiger partial charge in [0.1, 0.15) is 11.9 Å². The standard InChI is InChI=1S/C28H31N3O2/c32-28(27-25-13-6-14-26(25)29-30-27)31(22-10-3-4-11-22)18-19-7-5-12-23(15-19)33-24-16-20-8-1-2-9-21(20)17-24/h1-2,5,7-9,12,15,22,24H,3-4,6,10-11,13-14,16-18H2,(H,29,30). The van der Waals surface area contributed by atoms with Gasteiger partial charge in [-0.15, -0.1) is 0 Å². The van der Waals surface area contributed by atoms with Gasteiger partial charge in [-0.3, -0.25) is 9.89 Å². The molecule has 1 fully saturated rings. The summed E-state index contributed by atoms with van der Waals surface area (Å²) in [6.07, 6.45) is 9.70. The number of nitrogens with one attached hydrogen (secondary N) is 1. The van der Waals surface area contributed by atoms with Crippen LogP contribution in [-0.4, -0.2) is 33.2 Å². The number of hydrogen-bond donors (Lipinski definition) is 1. The van der Waals surface area contributed by atoms with Crippen molar-refractivity contribution < 1.29 is 9.53 Å². The smallest absolute Gasteiger partial charge is 0.275 e. The van der Waals surface area contributed by atoms with Crippen molar-refractivity contribution in [3.8, 4) is 5.75 Å². The third kappa shape index (κ3) is 4.05. The Bertz CT molecular complexity index is 1140. The Labute approximate surface area is 195 Å². The Balaban J connectivity index is 1.20. The Morgan fingerprint density at radius 1 is 1.00 bits per heavy atom. The first kappa shape index (κ1) is 20.5. The average molecular weight is 442 g/mol. The third-order valence-electron chi connectivity index (χ3n) is 7.60. The average Bonchev–Trinajstić information content (AvgIpc) is 3.61. The number of H-pyrrole nitrogens is 1. The van der Waals surface area contributed by atoms with Crippen molar-refractivity contribution in [3.63, 3.8) is 0 Å². The van der Waals surface area contributed by atoms with Gasteiger partial charge in [-0.05, 0) is 60.9 Å². The number of aryl methyl sites for hydroxylation is 1. The lowest BCUT2D eigenvalue weighted by Gasteiger charge is -2.29. The fourth-order valence-electron chi connectivity index (χ4n) is 5.92. The first-order valence-corrected chi connectivity index (χ1v) is 12.4. The second kappa shape index (κ2) is 8.69. The molecule has 1 heterocycles. The van der Waals surface area contributed by atoms with Gasteiger partial charge < -0.3 is 9.64 Å². The molecule has 2 aromatic carbocycles. The Kier molecular flexibility index (Phi) is 5.41. The number of carbonyl (C=O) groups excluding carboxylic acids is 1. The summed E-state index contributed by atoms with van der Waals surface area (Å²) < 4.78 is 6.38. The summed E-state index contributed by atoms with van der Waals surface area (Å²) in [5, 5.41) is 7.55. The van der Waals surface area contributed by atoms with E-state index >= 15 is 0 Å². The van der Waals surface area contributed by atoms with Gasteiger partial charge in [0, 0.05) is 36.7 Å². The van der Waals surface area contributed by atoms with Crippen LogP contribution in [-0.2, 0) is 32.2 Å². The predicted molar refractivity (Wildman–Crippen MR) is 127 cm³/mol. The van der Waals surface area contributed by atoms with Gasteiger partial charge in [-0.2, -0.15) is 5.10 Å². The molecule has 5 heteroatoms. The van der Waals surface area contributed by atoms with Gasteiger partial charge in [0.25, 0.3) is 5.91 Å². The molecule has 1 saturated carbocycles. The van der Waals surface area contributed by atoms with Crippen molar-refractivity contribution in [1.29, 1.82) is 0 Å². The monoisotopic (exact) mass is 441 g/mol. The largest absolute Gasteiger partial charge is 0.490 e. The summed E-state index contributed by atoms with van der Waals surface area (Å²) in [7, 11) is 0. The SMILES string of the molecule is O=C(c1n[nH]c2c1CCC2)N(Cc1cccc(OC2Cc3ccccc3C2)c1)C1CCCC1. The number of aromatic nitrogens is 2. The minimum absolute atomic E-state index is 0.0823. The van der Waals surface area contributed by atoms with Crippen molar-refractivity contribution in [2.45, 2.75) is 76.5 Å². The zero-order chi connectivity index (χ0) is 22.2. The molecule has 1 aromatic heterocycles. The molecule has 5 nitrogen and oxygen atoms in total. The van der Waals surface area contributed by atoms with Crippen LogP contribution in [0.5, 0.6) is 5.75 Å². The van der Waals surface area contributed by atoms with Crippen molar-refractivity contribution in [3.05, 3.63) is 82.2 Å². The van der Waals surface area contributed by atoms with Crippen LogP contribution in [0, 0.1) is 0 Å². The first-order valence-electron chi connectivity index (χ1n) is 12.4. The van der Waals surface area contributed by atoms with E-state index < -0.39 is 0 Å². The van der Waals surface area contributed by atoms with Crippen LogP contribution >= 0.6 is 0 Å². The Morgan fingerprint density at radius 3 is 2.58 bits per heavy atom. The van der Waals surface area contributed by atoms with Crippen molar-refractivity contribution in [1.82, 2.24) is 15.1 Å². The van der Waals surface area contributed by atoms with E-state index in [0.717, 1.165) is 67.5 Å². The van der Waals surface area contributed by atoms with E-state index in [2.05, 4.69) is 57.6 Å². The molecule has 0 atom stereocenters. The number of aromatic amines is 1. The maximum absolute atomic E-state index is 13.7. The van der Waals surface area contributed by atoms with E-state index in [-0.39, 0.29) is 12.0 Å². The lowest BCUT2D eigenvalue weighted by Crippen LogP contribution is -2.39. The molecule has 1 amide bonds. The molecule has 6 rings (SSSR count). The van der Waals surface area contributed by atoms with Crippen molar-refractivity contribution >= 4 is 5.91 Å². The minimum Gasteiger partial charge on any atom is -0.490 e. The number of hydrogen-bond acceptors (Lipinski definition) is 3. The molecule has 0 radical (unpaired) electrons. The van der Waals surface area contributed by atoms with Crippen LogP contribution in [0.3, 0.4) is 0 Å². The predicted octanol–water partition coefficient (Wildman–Crippen LogP) is 5.03. The molecule has 3 aromatic rings. The Morgan fingerprint density at radius 2 is 1.79 bits per heavy atom. The summed E-state index contributed by atoms with van der Waals surface area (Å²) in [6.45, 7) is 0.604. The van der Waals surface area contributed by atoms with E-state index in [1.807, 2.05) is 6.07 Å². The second-order valence-electron chi connectivity index (χ2n) is 9.82. The number of benzene rings is 2. The van der Waals surface area contributed by atoms with Crippen LogP contribution in [0.2, 0.25) is 0 Å². The fraction of sp³-hybridized carbons (Fsp3) is 0.429. The van der Waals surface area contributed by atoms with Gasteiger partial charge in [-0.1, -0.05) is 49.2 Å². The number of nitrogens with zero attached hydrogens (tertiary/aromatic N) is 2. The van der Waals surface area contributed by atoms with E-state index in [9.17, 15) is 4.79 Å². The molecule has 0 saturated heterocycles. The van der Waals surface area contributed by atoms with Gasteiger partial charge >= 0.3 is 0 Å². The molecular formula is C28H31N3O2. The van der Waals surface area contributed by atoms with E-state index in [0.29, 0.717) is 18.3 Å². The number of ether oxygens (including phenoxy) is 1. The Hall–Kier alpha value is -3.08. The highest BCUT2D eigenvalue weighted by molar-refractivity contribution is 5.94. The number of rotatable bonds is 6. The topological polar surface area (TPSA) is 58.2 Å².